The van der Waals surface area contributed by atoms with Crippen molar-refractivity contribution < 1.29 is 14.3 Å². The van der Waals surface area contributed by atoms with Crippen molar-refractivity contribution in [2.75, 3.05) is 24.3 Å². The number of nitrogens with zero attached hydrogens (tertiary/aromatic N) is 1. The van der Waals surface area contributed by atoms with Crippen LogP contribution in [0.25, 0.3) is 0 Å². The highest BCUT2D eigenvalue weighted by molar-refractivity contribution is 6.31. The van der Waals surface area contributed by atoms with Crippen molar-refractivity contribution in [1.29, 1.82) is 0 Å². The first-order valence-corrected chi connectivity index (χ1v) is 9.15. The molecule has 2 aromatic carbocycles. The Morgan fingerprint density at radius 2 is 1.96 bits per heavy atom. The fraction of sp³-hybridized carbons (Fsp3) is 0.300. The predicted octanol–water partition coefficient (Wildman–Crippen LogP) is 4.29. The number of amides is 3. The van der Waals surface area contributed by atoms with E-state index in [0.29, 0.717) is 35.1 Å². The van der Waals surface area contributed by atoms with Crippen molar-refractivity contribution >= 4 is 34.9 Å². The van der Waals surface area contributed by atoms with Gasteiger partial charge < -0.3 is 20.3 Å². The molecule has 0 spiro atoms. The summed E-state index contributed by atoms with van der Waals surface area (Å²) in [5, 5.41) is 6.27. The number of carbonyl (C=O) groups excluding carboxylic acids is 2. The third-order valence-electron chi connectivity index (χ3n) is 4.60. The van der Waals surface area contributed by atoms with Gasteiger partial charge in [-0.1, -0.05) is 29.8 Å². The molecule has 0 bridgehead atoms. The SMILES string of the molecule is COc1ccccc1NC(=O)N1CCC[C@@H]1C(=O)Nc1ccc(C)c(Cl)c1. The second-order valence-corrected chi connectivity index (χ2v) is 6.84. The monoisotopic (exact) mass is 387 g/mol. The zero-order valence-corrected chi connectivity index (χ0v) is 16.0. The maximum atomic E-state index is 12.7. The van der Waals surface area contributed by atoms with Crippen molar-refractivity contribution in [3.05, 3.63) is 53.1 Å². The molecule has 1 aliphatic rings. The van der Waals surface area contributed by atoms with Gasteiger partial charge in [-0.3, -0.25) is 4.79 Å². The molecule has 1 saturated heterocycles. The Bertz CT molecular complexity index is 856. The zero-order chi connectivity index (χ0) is 19.4. The quantitative estimate of drug-likeness (QED) is 0.822. The van der Waals surface area contributed by atoms with Crippen molar-refractivity contribution in [3.8, 4) is 5.75 Å². The molecule has 1 heterocycles. The van der Waals surface area contributed by atoms with E-state index in [1.165, 1.54) is 0 Å². The lowest BCUT2D eigenvalue weighted by atomic mass is 10.2. The van der Waals surface area contributed by atoms with Gasteiger partial charge in [-0.25, -0.2) is 4.79 Å². The number of carbonyl (C=O) groups is 2. The molecule has 0 aromatic heterocycles. The van der Waals surface area contributed by atoms with Gasteiger partial charge in [0.2, 0.25) is 5.91 Å². The zero-order valence-electron chi connectivity index (χ0n) is 15.3. The third-order valence-corrected chi connectivity index (χ3v) is 5.01. The van der Waals surface area contributed by atoms with Gasteiger partial charge in [-0.15, -0.1) is 0 Å². The van der Waals surface area contributed by atoms with Crippen molar-refractivity contribution in [2.24, 2.45) is 0 Å². The van der Waals surface area contributed by atoms with Gasteiger partial charge in [0, 0.05) is 17.3 Å². The number of halogens is 1. The molecule has 142 valence electrons. The number of anilines is 2. The first-order valence-electron chi connectivity index (χ1n) is 8.77. The molecule has 1 fully saturated rings. The van der Waals surface area contributed by atoms with E-state index in [9.17, 15) is 9.59 Å². The number of para-hydroxylation sites is 2. The van der Waals surface area contributed by atoms with Gasteiger partial charge in [0.25, 0.3) is 0 Å². The number of urea groups is 1. The number of methoxy groups -OCH3 is 1. The van der Waals surface area contributed by atoms with E-state index < -0.39 is 6.04 Å². The lowest BCUT2D eigenvalue weighted by molar-refractivity contribution is -0.119. The van der Waals surface area contributed by atoms with E-state index in [1.54, 1.807) is 36.3 Å². The Balaban J connectivity index is 1.69. The van der Waals surface area contributed by atoms with Crippen molar-refractivity contribution in [3.63, 3.8) is 0 Å². The van der Waals surface area contributed by atoms with E-state index in [4.69, 9.17) is 16.3 Å². The van der Waals surface area contributed by atoms with E-state index in [1.807, 2.05) is 25.1 Å². The van der Waals surface area contributed by atoms with Gasteiger partial charge in [0.15, 0.2) is 0 Å². The first-order chi connectivity index (χ1) is 13.0. The van der Waals surface area contributed by atoms with Crippen LogP contribution in [0.15, 0.2) is 42.5 Å². The number of rotatable bonds is 4. The summed E-state index contributed by atoms with van der Waals surface area (Å²) in [6, 6.07) is 11.7. The molecular formula is C20H22ClN3O3. The van der Waals surface area contributed by atoms with Crippen LogP contribution in [0.1, 0.15) is 18.4 Å². The Morgan fingerprint density at radius 3 is 2.70 bits per heavy atom. The summed E-state index contributed by atoms with van der Waals surface area (Å²) in [6.45, 7) is 2.42. The Hall–Kier alpha value is -2.73. The molecule has 2 aromatic rings. The minimum Gasteiger partial charge on any atom is -0.495 e. The van der Waals surface area contributed by atoms with Crippen LogP contribution in [-0.4, -0.2) is 36.5 Å². The smallest absolute Gasteiger partial charge is 0.322 e. The summed E-state index contributed by atoms with van der Waals surface area (Å²) in [5.41, 5.74) is 2.13. The minimum absolute atomic E-state index is 0.220. The average Bonchev–Trinajstić information content (AvgIpc) is 3.15. The number of aryl methyl sites for hydroxylation is 1. The minimum atomic E-state index is -0.528. The summed E-state index contributed by atoms with van der Waals surface area (Å²) in [4.78, 5) is 27.0. The second-order valence-electron chi connectivity index (χ2n) is 6.44. The number of likely N-dealkylation sites (tertiary alicyclic amines) is 1. The largest absolute Gasteiger partial charge is 0.495 e. The molecule has 0 saturated carbocycles. The predicted molar refractivity (Wildman–Crippen MR) is 107 cm³/mol. The molecule has 6 nitrogen and oxygen atoms in total. The summed E-state index contributed by atoms with van der Waals surface area (Å²) in [6.07, 6.45) is 1.39. The molecule has 7 heteroatoms. The molecule has 1 aliphatic heterocycles. The van der Waals surface area contributed by atoms with E-state index in [0.717, 1.165) is 12.0 Å². The standard InChI is InChI=1S/C20H22ClN3O3/c1-13-9-10-14(12-15(13)21)22-19(25)17-7-5-11-24(17)20(26)23-16-6-3-4-8-18(16)27-2/h3-4,6,8-10,12,17H,5,7,11H2,1-2H3,(H,22,25)(H,23,26)/t17-/m1/s1. The second kappa shape index (κ2) is 8.31. The Morgan fingerprint density at radius 1 is 1.19 bits per heavy atom. The summed E-state index contributed by atoms with van der Waals surface area (Å²) in [7, 11) is 1.55. The number of ether oxygens (including phenoxy) is 1. The van der Waals surface area contributed by atoms with Crippen LogP contribution in [0.5, 0.6) is 5.75 Å². The summed E-state index contributed by atoms with van der Waals surface area (Å²) < 4.78 is 5.26. The van der Waals surface area contributed by atoms with E-state index in [2.05, 4.69) is 10.6 Å². The normalized spacial score (nSPS) is 16.1. The van der Waals surface area contributed by atoms with E-state index >= 15 is 0 Å². The highest BCUT2D eigenvalue weighted by Gasteiger charge is 2.34. The number of nitrogens with one attached hydrogen (secondary N) is 2. The molecule has 2 N–H and O–H groups in total. The topological polar surface area (TPSA) is 70.7 Å². The molecule has 0 radical (unpaired) electrons. The first kappa shape index (κ1) is 19.0. The number of hydrogen-bond donors (Lipinski definition) is 2. The van der Waals surface area contributed by atoms with Gasteiger partial charge in [0.05, 0.1) is 12.8 Å². The molecule has 0 unspecified atom stereocenters. The number of benzene rings is 2. The Labute approximate surface area is 163 Å². The fourth-order valence-corrected chi connectivity index (χ4v) is 3.29. The van der Waals surface area contributed by atoms with Crippen LogP contribution in [0, 0.1) is 6.92 Å². The van der Waals surface area contributed by atoms with Gasteiger partial charge in [0.1, 0.15) is 11.8 Å². The van der Waals surface area contributed by atoms with Gasteiger partial charge in [-0.05, 0) is 49.6 Å². The van der Waals surface area contributed by atoms with Gasteiger partial charge in [-0.2, -0.15) is 0 Å². The Kier molecular flexibility index (Phi) is 5.86. The lowest BCUT2D eigenvalue weighted by Crippen LogP contribution is -2.45. The summed E-state index contributed by atoms with van der Waals surface area (Å²) >= 11 is 6.12. The third kappa shape index (κ3) is 4.34. The highest BCUT2D eigenvalue weighted by atomic mass is 35.5. The van der Waals surface area contributed by atoms with Gasteiger partial charge >= 0.3 is 6.03 Å². The summed E-state index contributed by atoms with van der Waals surface area (Å²) in [5.74, 6) is 0.350. The molecule has 3 amide bonds. The molecule has 0 aliphatic carbocycles. The van der Waals surface area contributed by atoms with E-state index in [-0.39, 0.29) is 11.9 Å². The highest BCUT2D eigenvalue weighted by Crippen LogP contribution is 2.26. The van der Waals surface area contributed by atoms with Crippen LogP contribution >= 0.6 is 11.6 Å². The van der Waals surface area contributed by atoms with Crippen LogP contribution in [0.4, 0.5) is 16.2 Å². The number of hydrogen-bond acceptors (Lipinski definition) is 3. The van der Waals surface area contributed by atoms with Crippen molar-refractivity contribution in [2.45, 2.75) is 25.8 Å². The maximum Gasteiger partial charge on any atom is 0.322 e. The van der Waals surface area contributed by atoms with Crippen LogP contribution in [0.2, 0.25) is 5.02 Å². The molecular weight excluding hydrogens is 366 g/mol. The van der Waals surface area contributed by atoms with Crippen LogP contribution < -0.4 is 15.4 Å². The maximum absolute atomic E-state index is 12.7. The molecule has 3 rings (SSSR count). The fourth-order valence-electron chi connectivity index (χ4n) is 3.11. The lowest BCUT2D eigenvalue weighted by Gasteiger charge is -2.24. The molecule has 27 heavy (non-hydrogen) atoms. The van der Waals surface area contributed by atoms with Crippen LogP contribution in [-0.2, 0) is 4.79 Å². The average molecular weight is 388 g/mol. The van der Waals surface area contributed by atoms with Crippen LogP contribution in [0.3, 0.4) is 0 Å². The molecule has 1 atom stereocenters. The van der Waals surface area contributed by atoms with Crippen molar-refractivity contribution in [1.82, 2.24) is 4.90 Å².